The van der Waals surface area contributed by atoms with Crippen molar-refractivity contribution in [2.24, 2.45) is 5.73 Å². The molecule has 0 bridgehead atoms. The normalized spacial score (nSPS) is 12.1. The summed E-state index contributed by atoms with van der Waals surface area (Å²) in [7, 11) is -0.571. The lowest BCUT2D eigenvalue weighted by atomic mass is 10.1. The van der Waals surface area contributed by atoms with Gasteiger partial charge >= 0.3 is 0 Å². The second-order valence-electron chi connectivity index (χ2n) is 3.91. The van der Waals surface area contributed by atoms with Crippen LogP contribution in [0.3, 0.4) is 0 Å². The molecule has 0 aliphatic rings. The number of halogens is 1. The van der Waals surface area contributed by atoms with E-state index in [1.54, 1.807) is 14.1 Å². The fourth-order valence-electron chi connectivity index (χ4n) is 1.40. The zero-order valence-electron chi connectivity index (χ0n) is 9.99. The van der Waals surface area contributed by atoms with Crippen molar-refractivity contribution in [2.45, 2.75) is 18.4 Å². The van der Waals surface area contributed by atoms with Crippen molar-refractivity contribution in [3.05, 3.63) is 29.1 Å². The zero-order valence-corrected chi connectivity index (χ0v) is 10.8. The first-order valence-corrected chi connectivity index (χ1v) is 6.45. The van der Waals surface area contributed by atoms with E-state index < -0.39 is 15.8 Å². The van der Waals surface area contributed by atoms with Crippen LogP contribution in [0.1, 0.15) is 11.1 Å². The van der Waals surface area contributed by atoms with E-state index in [4.69, 9.17) is 5.73 Å². The van der Waals surface area contributed by atoms with Gasteiger partial charge in [-0.2, -0.15) is 0 Å². The second-order valence-corrected chi connectivity index (χ2v) is 5.57. The van der Waals surface area contributed by atoms with E-state index in [9.17, 15) is 12.8 Å². The fraction of sp³-hybridized carbons (Fsp3) is 0.400. The number of nitrogens with zero attached hydrogens (tertiary/aromatic N) is 1. The summed E-state index contributed by atoms with van der Waals surface area (Å²) < 4.78 is 37.2. The van der Waals surface area contributed by atoms with Crippen molar-refractivity contribution in [1.29, 1.82) is 0 Å². The lowest BCUT2D eigenvalue weighted by Crippen LogP contribution is -2.36. The van der Waals surface area contributed by atoms with Gasteiger partial charge in [-0.25, -0.2) is 17.8 Å². The van der Waals surface area contributed by atoms with Crippen molar-refractivity contribution >= 4 is 10.0 Å². The van der Waals surface area contributed by atoms with Crippen LogP contribution in [-0.2, 0) is 16.6 Å². The molecule has 0 fully saturated rings. The highest BCUT2D eigenvalue weighted by atomic mass is 32.2. The van der Waals surface area contributed by atoms with Gasteiger partial charge < -0.3 is 5.73 Å². The summed E-state index contributed by atoms with van der Waals surface area (Å²) in [5.41, 5.74) is 5.81. The molecule has 5 nitrogen and oxygen atoms in total. The molecule has 0 radical (unpaired) electrons. The van der Waals surface area contributed by atoms with Crippen LogP contribution in [0.2, 0.25) is 0 Å². The Morgan fingerprint density at radius 2 is 2.00 bits per heavy atom. The van der Waals surface area contributed by atoms with Gasteiger partial charge in [0.1, 0.15) is 5.82 Å². The molecule has 0 saturated carbocycles. The third-order valence-electron chi connectivity index (χ3n) is 2.14. The third-order valence-corrected chi connectivity index (χ3v) is 3.60. The van der Waals surface area contributed by atoms with E-state index in [1.165, 1.54) is 24.1 Å². The predicted molar refractivity (Wildman–Crippen MR) is 63.0 cm³/mol. The number of sulfonamides is 1. The van der Waals surface area contributed by atoms with E-state index in [0.717, 1.165) is 0 Å². The smallest absolute Gasteiger partial charge is 0.253 e. The number of aryl methyl sites for hydroxylation is 1. The third kappa shape index (κ3) is 3.22. The Hall–Kier alpha value is -1.02. The van der Waals surface area contributed by atoms with Crippen molar-refractivity contribution < 1.29 is 12.8 Å². The molecular weight excluding hydrogens is 245 g/mol. The molecule has 0 spiro atoms. The lowest BCUT2D eigenvalue weighted by Gasteiger charge is -2.14. The van der Waals surface area contributed by atoms with Gasteiger partial charge in [0, 0.05) is 26.2 Å². The van der Waals surface area contributed by atoms with Crippen molar-refractivity contribution in [3.63, 3.8) is 0 Å². The Bertz CT molecular complexity index is 515. The first-order valence-electron chi connectivity index (χ1n) is 4.97. The minimum atomic E-state index is -3.68. The number of hydrogen-bond donors (Lipinski definition) is 2. The molecular formula is C10H16FN3O2S. The Morgan fingerprint density at radius 3 is 2.47 bits per heavy atom. The average molecular weight is 261 g/mol. The number of rotatable bonds is 4. The summed E-state index contributed by atoms with van der Waals surface area (Å²) in [6, 6.07) is 2.52. The highest BCUT2D eigenvalue weighted by Crippen LogP contribution is 2.18. The van der Waals surface area contributed by atoms with Crippen LogP contribution in [0.15, 0.2) is 17.0 Å². The summed E-state index contributed by atoms with van der Waals surface area (Å²) in [5, 5.41) is 1.30. The molecule has 1 aromatic rings. The minimum Gasteiger partial charge on any atom is -0.326 e. The summed E-state index contributed by atoms with van der Waals surface area (Å²) in [5.74, 6) is -0.462. The molecule has 0 atom stereocenters. The van der Waals surface area contributed by atoms with Crippen LogP contribution in [0.25, 0.3) is 0 Å². The van der Waals surface area contributed by atoms with Gasteiger partial charge in [0.05, 0.1) is 4.90 Å². The SMILES string of the molecule is Cc1cc(S(=O)(=O)NN(C)C)cc(CN)c1F. The van der Waals surface area contributed by atoms with Crippen LogP contribution < -0.4 is 10.6 Å². The number of hydrazine groups is 1. The lowest BCUT2D eigenvalue weighted by molar-refractivity contribution is 0.364. The Labute approximate surface area is 100 Å². The monoisotopic (exact) mass is 261 g/mol. The van der Waals surface area contributed by atoms with Crippen LogP contribution in [0.4, 0.5) is 4.39 Å². The van der Waals surface area contributed by atoms with E-state index >= 15 is 0 Å². The van der Waals surface area contributed by atoms with Gasteiger partial charge in [0.25, 0.3) is 10.0 Å². The molecule has 7 heteroatoms. The molecule has 96 valence electrons. The van der Waals surface area contributed by atoms with E-state index in [1.807, 2.05) is 0 Å². The maximum absolute atomic E-state index is 13.5. The standard InChI is InChI=1S/C10H16FN3O2S/c1-7-4-9(5-8(6-12)10(7)11)17(15,16)13-14(2)3/h4-5,13H,6,12H2,1-3H3. The largest absolute Gasteiger partial charge is 0.326 e. The highest BCUT2D eigenvalue weighted by Gasteiger charge is 2.18. The van der Waals surface area contributed by atoms with Crippen LogP contribution in [0, 0.1) is 12.7 Å². The Balaban J connectivity index is 3.29. The molecule has 0 heterocycles. The van der Waals surface area contributed by atoms with Crippen molar-refractivity contribution in [3.8, 4) is 0 Å². The molecule has 17 heavy (non-hydrogen) atoms. The van der Waals surface area contributed by atoms with Crippen LogP contribution >= 0.6 is 0 Å². The van der Waals surface area contributed by atoms with E-state index in [-0.39, 0.29) is 22.6 Å². The summed E-state index contributed by atoms with van der Waals surface area (Å²) in [6.07, 6.45) is 0. The van der Waals surface area contributed by atoms with Crippen molar-refractivity contribution in [1.82, 2.24) is 9.84 Å². The summed E-state index contributed by atoms with van der Waals surface area (Å²) in [6.45, 7) is 1.46. The molecule has 0 aromatic heterocycles. The Kier molecular flexibility index (Phi) is 4.21. The summed E-state index contributed by atoms with van der Waals surface area (Å²) >= 11 is 0. The first kappa shape index (κ1) is 14.0. The molecule has 0 unspecified atom stereocenters. The van der Waals surface area contributed by atoms with Gasteiger partial charge in [0.15, 0.2) is 0 Å². The molecule has 0 aliphatic heterocycles. The van der Waals surface area contributed by atoms with Crippen LogP contribution in [-0.4, -0.2) is 27.5 Å². The maximum atomic E-state index is 13.5. The first-order chi connectivity index (χ1) is 7.77. The quantitative estimate of drug-likeness (QED) is 0.767. The second kappa shape index (κ2) is 5.09. The maximum Gasteiger partial charge on any atom is 0.253 e. The summed E-state index contributed by atoms with van der Waals surface area (Å²) in [4.78, 5) is 2.28. The highest BCUT2D eigenvalue weighted by molar-refractivity contribution is 7.89. The molecule has 3 N–H and O–H groups in total. The van der Waals surface area contributed by atoms with Gasteiger partial charge in [-0.1, -0.05) is 0 Å². The van der Waals surface area contributed by atoms with Gasteiger partial charge in [-0.3, -0.25) is 0 Å². The van der Waals surface area contributed by atoms with Gasteiger partial charge in [-0.05, 0) is 24.6 Å². The van der Waals surface area contributed by atoms with Gasteiger partial charge in [-0.15, -0.1) is 4.83 Å². The molecule has 0 saturated heterocycles. The van der Waals surface area contributed by atoms with Crippen LogP contribution in [0.5, 0.6) is 0 Å². The average Bonchev–Trinajstić information content (AvgIpc) is 2.19. The number of nitrogens with two attached hydrogens (primary N) is 1. The number of nitrogens with one attached hydrogen (secondary N) is 1. The fourth-order valence-corrected chi connectivity index (χ4v) is 2.62. The molecule has 1 aromatic carbocycles. The van der Waals surface area contributed by atoms with Crippen molar-refractivity contribution in [2.75, 3.05) is 14.1 Å². The molecule has 1 rings (SSSR count). The van der Waals surface area contributed by atoms with E-state index in [2.05, 4.69) is 4.83 Å². The van der Waals surface area contributed by atoms with E-state index in [0.29, 0.717) is 0 Å². The number of benzene rings is 1. The zero-order chi connectivity index (χ0) is 13.2. The number of hydrogen-bond acceptors (Lipinski definition) is 4. The topological polar surface area (TPSA) is 75.4 Å². The Morgan fingerprint density at radius 1 is 1.41 bits per heavy atom. The minimum absolute atomic E-state index is 0.00514. The van der Waals surface area contributed by atoms with Gasteiger partial charge in [0.2, 0.25) is 0 Å². The predicted octanol–water partition coefficient (Wildman–Crippen LogP) is 0.348. The molecule has 0 aliphatic carbocycles. The molecule has 0 amide bonds.